The summed E-state index contributed by atoms with van der Waals surface area (Å²) in [4.78, 5) is 13.8. The average molecular weight is 193 g/mol. The van der Waals surface area contributed by atoms with Gasteiger partial charge in [0.05, 0.1) is 0 Å². The summed E-state index contributed by atoms with van der Waals surface area (Å²) in [5.41, 5.74) is 1.14. The second kappa shape index (κ2) is 5.26. The fourth-order valence-corrected chi connectivity index (χ4v) is 0.959. The Morgan fingerprint density at radius 3 is 2.64 bits per heavy atom. The second-order valence-corrected chi connectivity index (χ2v) is 2.66. The van der Waals surface area contributed by atoms with Crippen molar-refractivity contribution >= 4 is 13.0 Å². The van der Waals surface area contributed by atoms with Gasteiger partial charge in [0.1, 0.15) is 13.0 Å². The van der Waals surface area contributed by atoms with Crippen molar-refractivity contribution in [2.45, 2.75) is 6.29 Å². The van der Waals surface area contributed by atoms with Gasteiger partial charge in [0.25, 0.3) is 0 Å². The Balaban J connectivity index is 2.65. The largest absolute Gasteiger partial charge is 0.364 e. The average Bonchev–Trinajstić information content (AvgIpc) is 2.26. The van der Waals surface area contributed by atoms with Crippen LogP contribution in [0.15, 0.2) is 29.3 Å². The van der Waals surface area contributed by atoms with Crippen molar-refractivity contribution in [2.24, 2.45) is 4.99 Å². The van der Waals surface area contributed by atoms with Crippen molar-refractivity contribution in [3.8, 4) is 0 Å². The molecule has 1 atom stereocenters. The maximum absolute atomic E-state index is 10.3. The van der Waals surface area contributed by atoms with E-state index in [-0.39, 0.29) is 6.73 Å². The number of rotatable bonds is 5. The Hall–Kier alpha value is -1.52. The van der Waals surface area contributed by atoms with Gasteiger partial charge in [0.2, 0.25) is 0 Å². The molecule has 14 heavy (non-hydrogen) atoms. The second-order valence-electron chi connectivity index (χ2n) is 2.66. The summed E-state index contributed by atoms with van der Waals surface area (Å²) < 4.78 is 4.89. The summed E-state index contributed by atoms with van der Waals surface area (Å²) in [5, 5.41) is 9.42. The lowest BCUT2D eigenvalue weighted by Crippen LogP contribution is -2.03. The summed E-state index contributed by atoms with van der Waals surface area (Å²) in [5.74, 6) is 0. The summed E-state index contributed by atoms with van der Waals surface area (Å²) in [6.45, 7) is 3.26. The maximum Gasteiger partial charge on any atom is 0.183 e. The molecule has 0 fully saturated rings. The van der Waals surface area contributed by atoms with E-state index < -0.39 is 6.29 Å². The first-order valence-corrected chi connectivity index (χ1v) is 4.05. The van der Waals surface area contributed by atoms with Crippen LogP contribution < -0.4 is 0 Å². The number of benzene rings is 1. The molecule has 0 aliphatic heterocycles. The van der Waals surface area contributed by atoms with Gasteiger partial charge < -0.3 is 9.84 Å². The van der Waals surface area contributed by atoms with Crippen molar-refractivity contribution in [3.05, 3.63) is 35.4 Å². The van der Waals surface area contributed by atoms with E-state index in [2.05, 4.69) is 11.7 Å². The summed E-state index contributed by atoms with van der Waals surface area (Å²) in [6, 6.07) is 6.46. The SMILES string of the molecule is C=NCOC(O)c1ccc(C=O)cc1. The van der Waals surface area contributed by atoms with Gasteiger partial charge in [-0.2, -0.15) is 0 Å². The molecule has 0 amide bonds. The lowest BCUT2D eigenvalue weighted by Gasteiger charge is -2.09. The normalized spacial score (nSPS) is 12.1. The number of carbonyl (C=O) groups excluding carboxylic acids is 1. The van der Waals surface area contributed by atoms with Crippen LogP contribution in [0.2, 0.25) is 0 Å². The standard InChI is InChI=1S/C10H11NO3/c1-11-7-14-10(13)9-4-2-8(6-12)3-5-9/h2-6,10,13H,1,7H2. The molecule has 0 aliphatic carbocycles. The third-order valence-corrected chi connectivity index (χ3v) is 1.68. The van der Waals surface area contributed by atoms with Crippen LogP contribution in [0.5, 0.6) is 0 Å². The van der Waals surface area contributed by atoms with E-state index in [0.29, 0.717) is 11.1 Å². The third kappa shape index (κ3) is 2.76. The van der Waals surface area contributed by atoms with Crippen LogP contribution in [-0.4, -0.2) is 24.8 Å². The molecule has 74 valence electrons. The van der Waals surface area contributed by atoms with Crippen molar-refractivity contribution in [1.82, 2.24) is 0 Å². The molecule has 0 aliphatic rings. The van der Waals surface area contributed by atoms with Crippen molar-refractivity contribution in [2.75, 3.05) is 6.73 Å². The smallest absolute Gasteiger partial charge is 0.183 e. The maximum atomic E-state index is 10.3. The van der Waals surface area contributed by atoms with E-state index in [0.717, 1.165) is 6.29 Å². The molecule has 0 bridgehead atoms. The molecule has 4 nitrogen and oxygen atoms in total. The van der Waals surface area contributed by atoms with Gasteiger partial charge in [-0.25, -0.2) is 0 Å². The molecule has 0 spiro atoms. The molecule has 1 N–H and O–H groups in total. The Bertz CT molecular complexity index is 308. The highest BCUT2D eigenvalue weighted by Gasteiger charge is 2.06. The number of aldehydes is 1. The molecule has 0 heterocycles. The van der Waals surface area contributed by atoms with E-state index in [9.17, 15) is 9.90 Å². The fourth-order valence-electron chi connectivity index (χ4n) is 0.959. The van der Waals surface area contributed by atoms with Crippen LogP contribution in [0, 0.1) is 0 Å². The number of hydrogen-bond acceptors (Lipinski definition) is 4. The highest BCUT2D eigenvalue weighted by atomic mass is 16.6. The van der Waals surface area contributed by atoms with Gasteiger partial charge in [-0.1, -0.05) is 24.3 Å². The van der Waals surface area contributed by atoms with Crippen molar-refractivity contribution in [1.29, 1.82) is 0 Å². The van der Waals surface area contributed by atoms with Crippen LogP contribution in [0.1, 0.15) is 22.2 Å². The van der Waals surface area contributed by atoms with Gasteiger partial charge in [-0.05, 0) is 6.72 Å². The minimum absolute atomic E-state index is 0.0383. The number of ether oxygens (including phenoxy) is 1. The monoisotopic (exact) mass is 193 g/mol. The quantitative estimate of drug-likeness (QED) is 0.433. The highest BCUT2D eigenvalue weighted by Crippen LogP contribution is 2.14. The lowest BCUT2D eigenvalue weighted by atomic mass is 10.1. The number of aliphatic hydroxyl groups excluding tert-OH is 1. The Morgan fingerprint density at radius 2 is 2.14 bits per heavy atom. The predicted octanol–water partition coefficient (Wildman–Crippen LogP) is 1.16. The van der Waals surface area contributed by atoms with Crippen LogP contribution in [-0.2, 0) is 4.74 Å². The Morgan fingerprint density at radius 1 is 1.50 bits per heavy atom. The third-order valence-electron chi connectivity index (χ3n) is 1.68. The molecule has 1 aromatic rings. The molecule has 1 unspecified atom stereocenters. The molecule has 4 heteroatoms. The Kier molecular flexibility index (Phi) is 3.97. The van der Waals surface area contributed by atoms with E-state index in [1.807, 2.05) is 0 Å². The predicted molar refractivity (Wildman–Crippen MR) is 52.3 cm³/mol. The molecule has 1 aromatic carbocycles. The van der Waals surface area contributed by atoms with Crippen LogP contribution in [0.25, 0.3) is 0 Å². The van der Waals surface area contributed by atoms with E-state index >= 15 is 0 Å². The van der Waals surface area contributed by atoms with Crippen molar-refractivity contribution < 1.29 is 14.6 Å². The number of hydrogen-bond donors (Lipinski definition) is 1. The first kappa shape index (κ1) is 10.6. The zero-order valence-corrected chi connectivity index (χ0v) is 7.59. The number of carbonyl (C=O) groups is 1. The number of aliphatic hydroxyl groups is 1. The minimum Gasteiger partial charge on any atom is -0.364 e. The molecule has 0 saturated carbocycles. The fraction of sp³-hybridized carbons (Fsp3) is 0.200. The van der Waals surface area contributed by atoms with E-state index in [1.165, 1.54) is 0 Å². The van der Waals surface area contributed by atoms with Gasteiger partial charge >= 0.3 is 0 Å². The summed E-state index contributed by atoms with van der Waals surface area (Å²) in [6.07, 6.45) is -0.288. The summed E-state index contributed by atoms with van der Waals surface area (Å²) >= 11 is 0. The zero-order valence-electron chi connectivity index (χ0n) is 7.59. The van der Waals surface area contributed by atoms with Gasteiger partial charge in [0, 0.05) is 11.1 Å². The van der Waals surface area contributed by atoms with Gasteiger partial charge in [-0.3, -0.25) is 9.79 Å². The number of nitrogens with zero attached hydrogens (tertiary/aromatic N) is 1. The van der Waals surface area contributed by atoms with Gasteiger partial charge in [0.15, 0.2) is 6.29 Å². The first-order valence-electron chi connectivity index (χ1n) is 4.05. The summed E-state index contributed by atoms with van der Waals surface area (Å²) in [7, 11) is 0. The molecule has 0 aromatic heterocycles. The molecule has 1 rings (SSSR count). The van der Waals surface area contributed by atoms with Crippen LogP contribution in [0.4, 0.5) is 0 Å². The molecular weight excluding hydrogens is 182 g/mol. The van der Waals surface area contributed by atoms with Crippen molar-refractivity contribution in [3.63, 3.8) is 0 Å². The first-order chi connectivity index (χ1) is 6.77. The van der Waals surface area contributed by atoms with Crippen LogP contribution in [0.3, 0.4) is 0 Å². The number of aliphatic imine (C=N–C) groups is 1. The van der Waals surface area contributed by atoms with E-state index in [1.54, 1.807) is 24.3 Å². The van der Waals surface area contributed by atoms with E-state index in [4.69, 9.17) is 4.74 Å². The van der Waals surface area contributed by atoms with Gasteiger partial charge in [-0.15, -0.1) is 0 Å². The molecule has 0 radical (unpaired) electrons. The topological polar surface area (TPSA) is 58.9 Å². The molecule has 0 saturated heterocycles. The minimum atomic E-state index is -1.03. The molecular formula is C10H11NO3. The zero-order chi connectivity index (χ0) is 10.4. The highest BCUT2D eigenvalue weighted by molar-refractivity contribution is 5.74. The lowest BCUT2D eigenvalue weighted by molar-refractivity contribution is -0.0997. The van der Waals surface area contributed by atoms with Crippen LogP contribution >= 0.6 is 0 Å². The Labute approximate surface area is 81.9 Å².